The van der Waals surface area contributed by atoms with E-state index in [1.165, 1.54) is 0 Å². The summed E-state index contributed by atoms with van der Waals surface area (Å²) < 4.78 is 9.90. The van der Waals surface area contributed by atoms with E-state index >= 15 is 0 Å². The highest BCUT2D eigenvalue weighted by molar-refractivity contribution is 5.85. The molecule has 0 aliphatic heterocycles. The number of hydrogen-bond donors (Lipinski definition) is 0. The van der Waals surface area contributed by atoms with Crippen LogP contribution in [0, 0.1) is 0 Å². The molecule has 0 aromatic heterocycles. The van der Waals surface area contributed by atoms with Gasteiger partial charge in [0.2, 0.25) is 0 Å². The van der Waals surface area contributed by atoms with Gasteiger partial charge in [0.25, 0.3) is 0 Å². The summed E-state index contributed by atoms with van der Waals surface area (Å²) in [4.78, 5) is 11.3. The van der Waals surface area contributed by atoms with E-state index in [0.717, 1.165) is 5.56 Å². The highest BCUT2D eigenvalue weighted by Gasteiger charge is 2.08. The van der Waals surface area contributed by atoms with Gasteiger partial charge in [-0.15, -0.1) is 0 Å². The van der Waals surface area contributed by atoms with Gasteiger partial charge < -0.3 is 9.47 Å². The Morgan fingerprint density at radius 3 is 2.53 bits per heavy atom. The van der Waals surface area contributed by atoms with Crippen molar-refractivity contribution >= 4 is 5.97 Å². The first-order chi connectivity index (χ1) is 7.24. The molecular weight excluding hydrogens is 192 g/mol. The van der Waals surface area contributed by atoms with Crippen LogP contribution in [-0.4, -0.2) is 12.6 Å². The molecule has 0 N–H and O–H groups in total. The minimum atomic E-state index is -0.513. The van der Waals surface area contributed by atoms with Gasteiger partial charge in [-0.3, -0.25) is 0 Å². The van der Waals surface area contributed by atoms with Gasteiger partial charge in [-0.1, -0.05) is 30.3 Å². The van der Waals surface area contributed by atoms with Gasteiger partial charge in [-0.05, 0) is 19.1 Å². The van der Waals surface area contributed by atoms with Gasteiger partial charge in [-0.2, -0.15) is 0 Å². The van der Waals surface area contributed by atoms with Crippen molar-refractivity contribution in [3.05, 3.63) is 48.2 Å². The van der Waals surface area contributed by atoms with Crippen molar-refractivity contribution < 1.29 is 14.3 Å². The quantitative estimate of drug-likeness (QED) is 0.421. The lowest BCUT2D eigenvalue weighted by Gasteiger charge is -2.07. The van der Waals surface area contributed by atoms with Gasteiger partial charge in [-0.25, -0.2) is 4.79 Å². The summed E-state index contributed by atoms with van der Waals surface area (Å²) >= 11 is 0. The van der Waals surface area contributed by atoms with E-state index in [-0.39, 0.29) is 12.4 Å². The Balaban J connectivity index is 2.38. The van der Waals surface area contributed by atoms with E-state index in [9.17, 15) is 4.79 Å². The fourth-order valence-electron chi connectivity index (χ4n) is 1.04. The van der Waals surface area contributed by atoms with E-state index in [1.54, 1.807) is 6.92 Å². The summed E-state index contributed by atoms with van der Waals surface area (Å²) in [7, 11) is 0. The third kappa shape index (κ3) is 3.85. The van der Waals surface area contributed by atoms with Crippen LogP contribution in [0.4, 0.5) is 0 Å². The van der Waals surface area contributed by atoms with Gasteiger partial charge in [0.05, 0.1) is 6.61 Å². The van der Waals surface area contributed by atoms with Crippen molar-refractivity contribution in [2.24, 2.45) is 0 Å². The molecule has 0 atom stereocenters. The number of rotatable bonds is 5. The Labute approximate surface area is 89.3 Å². The topological polar surface area (TPSA) is 35.5 Å². The fraction of sp³-hybridized carbons (Fsp3) is 0.250. The van der Waals surface area contributed by atoms with Crippen molar-refractivity contribution in [2.75, 3.05) is 6.61 Å². The Kier molecular flexibility index (Phi) is 4.41. The fourth-order valence-corrected chi connectivity index (χ4v) is 1.04. The smallest absolute Gasteiger partial charge is 0.373 e. The zero-order chi connectivity index (χ0) is 11.1. The first kappa shape index (κ1) is 11.3. The van der Waals surface area contributed by atoms with Crippen LogP contribution < -0.4 is 0 Å². The molecule has 0 heterocycles. The van der Waals surface area contributed by atoms with Gasteiger partial charge >= 0.3 is 5.97 Å². The molecule has 0 unspecified atom stereocenters. The number of ether oxygens (including phenoxy) is 2. The molecule has 15 heavy (non-hydrogen) atoms. The highest BCUT2D eigenvalue weighted by atomic mass is 16.6. The SMILES string of the molecule is C=C(OCC)C(=O)OCc1ccccc1. The predicted molar refractivity (Wildman–Crippen MR) is 57.0 cm³/mol. The molecule has 0 saturated heterocycles. The van der Waals surface area contributed by atoms with Crippen molar-refractivity contribution in [2.45, 2.75) is 13.5 Å². The van der Waals surface area contributed by atoms with Crippen LogP contribution in [0.1, 0.15) is 12.5 Å². The summed E-state index contributed by atoms with van der Waals surface area (Å²) in [5, 5.41) is 0. The number of carbonyl (C=O) groups is 1. The lowest BCUT2D eigenvalue weighted by atomic mass is 10.2. The molecule has 0 spiro atoms. The second kappa shape index (κ2) is 5.86. The molecule has 3 heteroatoms. The summed E-state index contributed by atoms with van der Waals surface area (Å²) in [5.74, 6) is -0.464. The minimum absolute atomic E-state index is 0.0495. The third-order valence-corrected chi connectivity index (χ3v) is 1.76. The van der Waals surface area contributed by atoms with Gasteiger partial charge in [0, 0.05) is 0 Å². The third-order valence-electron chi connectivity index (χ3n) is 1.76. The van der Waals surface area contributed by atoms with E-state index in [1.807, 2.05) is 30.3 Å². The van der Waals surface area contributed by atoms with Crippen LogP contribution in [0.5, 0.6) is 0 Å². The highest BCUT2D eigenvalue weighted by Crippen LogP contribution is 2.03. The Morgan fingerprint density at radius 2 is 1.93 bits per heavy atom. The standard InChI is InChI=1S/C12H14O3/c1-3-14-10(2)12(13)15-9-11-7-5-4-6-8-11/h4-8H,2-3,9H2,1H3. The van der Waals surface area contributed by atoms with E-state index in [0.29, 0.717) is 6.61 Å². The van der Waals surface area contributed by atoms with Crippen LogP contribution in [-0.2, 0) is 20.9 Å². The summed E-state index contributed by atoms with van der Waals surface area (Å²) in [5.41, 5.74) is 0.940. The molecule has 0 aliphatic rings. The van der Waals surface area contributed by atoms with Crippen LogP contribution >= 0.6 is 0 Å². The zero-order valence-electron chi connectivity index (χ0n) is 8.73. The van der Waals surface area contributed by atoms with Gasteiger partial charge in [0.15, 0.2) is 5.76 Å². The van der Waals surface area contributed by atoms with E-state index in [2.05, 4.69) is 6.58 Å². The largest absolute Gasteiger partial charge is 0.487 e. The second-order valence-electron chi connectivity index (χ2n) is 2.92. The first-order valence-corrected chi connectivity index (χ1v) is 4.76. The van der Waals surface area contributed by atoms with Crippen LogP contribution in [0.25, 0.3) is 0 Å². The summed E-state index contributed by atoms with van der Waals surface area (Å²) in [6.45, 7) is 5.91. The first-order valence-electron chi connectivity index (χ1n) is 4.76. The van der Waals surface area contributed by atoms with Crippen LogP contribution in [0.15, 0.2) is 42.7 Å². The molecule has 1 aromatic rings. The lowest BCUT2D eigenvalue weighted by Crippen LogP contribution is -2.09. The maximum Gasteiger partial charge on any atom is 0.373 e. The zero-order valence-corrected chi connectivity index (χ0v) is 8.73. The van der Waals surface area contributed by atoms with Crippen molar-refractivity contribution in [3.63, 3.8) is 0 Å². The lowest BCUT2D eigenvalue weighted by molar-refractivity contribution is -0.144. The second-order valence-corrected chi connectivity index (χ2v) is 2.92. The number of esters is 1. The number of carbonyl (C=O) groups excluding carboxylic acids is 1. The molecule has 3 nitrogen and oxygen atoms in total. The Morgan fingerprint density at radius 1 is 1.27 bits per heavy atom. The molecule has 1 rings (SSSR count). The molecule has 0 bridgehead atoms. The summed E-state index contributed by atoms with van der Waals surface area (Å²) in [6.07, 6.45) is 0. The van der Waals surface area contributed by atoms with Crippen LogP contribution in [0.2, 0.25) is 0 Å². The average Bonchev–Trinajstić information content (AvgIpc) is 2.27. The minimum Gasteiger partial charge on any atom is -0.487 e. The summed E-state index contributed by atoms with van der Waals surface area (Å²) in [6, 6.07) is 9.46. The number of hydrogen-bond acceptors (Lipinski definition) is 3. The van der Waals surface area contributed by atoms with Crippen molar-refractivity contribution in [1.82, 2.24) is 0 Å². The maximum atomic E-state index is 11.3. The molecule has 0 saturated carbocycles. The van der Waals surface area contributed by atoms with E-state index < -0.39 is 5.97 Å². The van der Waals surface area contributed by atoms with Crippen LogP contribution in [0.3, 0.4) is 0 Å². The molecule has 0 amide bonds. The molecule has 1 aromatic carbocycles. The van der Waals surface area contributed by atoms with Crippen molar-refractivity contribution in [3.8, 4) is 0 Å². The molecule has 80 valence electrons. The molecule has 0 fully saturated rings. The van der Waals surface area contributed by atoms with Crippen molar-refractivity contribution in [1.29, 1.82) is 0 Å². The van der Waals surface area contributed by atoms with Gasteiger partial charge in [0.1, 0.15) is 6.61 Å². The maximum absolute atomic E-state index is 11.3. The molecular formula is C12H14O3. The average molecular weight is 206 g/mol. The number of benzene rings is 1. The molecule has 0 aliphatic carbocycles. The van der Waals surface area contributed by atoms with E-state index in [4.69, 9.17) is 9.47 Å². The Bertz CT molecular complexity index is 330. The monoisotopic (exact) mass is 206 g/mol. The Hall–Kier alpha value is -1.77. The molecule has 0 radical (unpaired) electrons. The predicted octanol–water partition coefficient (Wildman–Crippen LogP) is 2.28. The normalized spacial score (nSPS) is 9.40.